The maximum atomic E-state index is 14.5. The van der Waals surface area contributed by atoms with Gasteiger partial charge >= 0.3 is 16.4 Å². The molecule has 0 saturated carbocycles. The summed E-state index contributed by atoms with van der Waals surface area (Å²) in [5.41, 5.74) is 0.332. The summed E-state index contributed by atoms with van der Waals surface area (Å²) in [6, 6.07) is 4.64. The van der Waals surface area contributed by atoms with Gasteiger partial charge in [0.25, 0.3) is 20.0 Å². The first-order valence-corrected chi connectivity index (χ1v) is 14.7. The Kier molecular flexibility index (Phi) is 8.67. The van der Waals surface area contributed by atoms with E-state index in [0.29, 0.717) is 5.69 Å². The number of rotatable bonds is 11. The third-order valence-corrected chi connectivity index (χ3v) is 10.8. The van der Waals surface area contributed by atoms with Gasteiger partial charge in [-0.15, -0.1) is 4.13 Å². The fourth-order valence-electron chi connectivity index (χ4n) is 3.10. The predicted molar refractivity (Wildman–Crippen MR) is 115 cm³/mol. The van der Waals surface area contributed by atoms with Crippen LogP contribution in [0, 0.1) is 5.82 Å². The standard InChI is InChI=1S/C17H22F7N3O6S3/c1-2-3-12-34(28,29)25-35(30,31)16(21,22)15(19,20)17(23,24)36(32,33)27-10-8-26(9-11-27)14-6-4-13(18)5-7-14/h4-7,25H,2-3,8-12H2,1H3. The van der Waals surface area contributed by atoms with Crippen molar-refractivity contribution < 1.29 is 56.0 Å². The molecule has 1 N–H and O–H groups in total. The summed E-state index contributed by atoms with van der Waals surface area (Å²) in [4.78, 5) is 1.38. The van der Waals surface area contributed by atoms with Crippen LogP contribution in [-0.4, -0.2) is 77.9 Å². The molecule has 0 unspecified atom stereocenters. The lowest BCUT2D eigenvalue weighted by Crippen LogP contribution is -2.66. The maximum absolute atomic E-state index is 14.5. The molecule has 1 fully saturated rings. The number of piperazine rings is 1. The van der Waals surface area contributed by atoms with Gasteiger partial charge in [0.2, 0.25) is 10.0 Å². The van der Waals surface area contributed by atoms with Gasteiger partial charge < -0.3 is 4.90 Å². The monoisotopic (exact) mass is 593 g/mol. The quantitative estimate of drug-likeness (QED) is 0.391. The summed E-state index contributed by atoms with van der Waals surface area (Å²) in [6.07, 6.45) is -0.153. The molecule has 1 aliphatic rings. The number of hydrogen-bond donors (Lipinski definition) is 1. The van der Waals surface area contributed by atoms with Crippen molar-refractivity contribution in [1.82, 2.24) is 8.43 Å². The minimum Gasteiger partial charge on any atom is -0.369 e. The first kappa shape index (κ1) is 30.5. The highest BCUT2D eigenvalue weighted by Gasteiger charge is 2.82. The van der Waals surface area contributed by atoms with Crippen molar-refractivity contribution in [2.24, 2.45) is 0 Å². The Morgan fingerprint density at radius 3 is 1.81 bits per heavy atom. The van der Waals surface area contributed by atoms with Crippen molar-refractivity contribution in [3.63, 3.8) is 0 Å². The van der Waals surface area contributed by atoms with Crippen LogP contribution in [0.4, 0.5) is 36.4 Å². The Balaban J connectivity index is 2.30. The van der Waals surface area contributed by atoms with Crippen LogP contribution in [0.1, 0.15) is 19.8 Å². The van der Waals surface area contributed by atoms with E-state index in [-0.39, 0.29) is 34.4 Å². The lowest BCUT2D eigenvalue weighted by Gasteiger charge is -2.39. The van der Waals surface area contributed by atoms with Gasteiger partial charge in [0.05, 0.1) is 5.75 Å². The average molecular weight is 594 g/mol. The molecule has 0 bridgehead atoms. The number of alkyl halides is 6. The lowest BCUT2D eigenvalue weighted by molar-refractivity contribution is -0.245. The van der Waals surface area contributed by atoms with Gasteiger partial charge in [-0.25, -0.2) is 29.6 Å². The molecule has 1 aliphatic heterocycles. The van der Waals surface area contributed by atoms with Crippen molar-refractivity contribution in [3.05, 3.63) is 30.1 Å². The van der Waals surface area contributed by atoms with Crippen LogP contribution in [0.15, 0.2) is 24.3 Å². The molecular weight excluding hydrogens is 571 g/mol. The SMILES string of the molecule is CCCCS(=O)(=O)NS(=O)(=O)C(F)(F)C(F)(F)C(F)(F)S(=O)(=O)N1CCN(c2ccc(F)cc2)CC1. The molecule has 1 aromatic carbocycles. The van der Waals surface area contributed by atoms with E-state index in [0.717, 1.165) is 12.1 Å². The molecule has 1 aromatic rings. The summed E-state index contributed by atoms with van der Waals surface area (Å²) >= 11 is 0. The van der Waals surface area contributed by atoms with E-state index in [1.165, 1.54) is 24.0 Å². The second kappa shape index (κ2) is 10.2. The number of benzene rings is 1. The van der Waals surface area contributed by atoms with Crippen LogP contribution in [0.3, 0.4) is 0 Å². The highest BCUT2D eigenvalue weighted by Crippen LogP contribution is 2.51. The van der Waals surface area contributed by atoms with Gasteiger partial charge in [-0.05, 0) is 30.7 Å². The Morgan fingerprint density at radius 2 is 1.33 bits per heavy atom. The average Bonchev–Trinajstić information content (AvgIpc) is 2.77. The van der Waals surface area contributed by atoms with Crippen molar-refractivity contribution in [2.75, 3.05) is 36.8 Å². The highest BCUT2D eigenvalue weighted by molar-refractivity contribution is 8.05. The minimum absolute atomic E-state index is 0.123. The molecule has 208 valence electrons. The summed E-state index contributed by atoms with van der Waals surface area (Å²) < 4.78 is 171. The molecule has 36 heavy (non-hydrogen) atoms. The van der Waals surface area contributed by atoms with E-state index in [2.05, 4.69) is 0 Å². The molecule has 0 radical (unpaired) electrons. The molecule has 0 amide bonds. The highest BCUT2D eigenvalue weighted by atomic mass is 32.3. The normalized spacial score (nSPS) is 17.4. The largest absolute Gasteiger partial charge is 0.429 e. The number of nitrogens with zero attached hydrogens (tertiary/aromatic N) is 2. The van der Waals surface area contributed by atoms with Crippen LogP contribution >= 0.6 is 0 Å². The maximum Gasteiger partial charge on any atom is 0.429 e. The van der Waals surface area contributed by atoms with Crippen molar-refractivity contribution in [3.8, 4) is 0 Å². The van der Waals surface area contributed by atoms with Gasteiger partial charge in [-0.2, -0.15) is 30.6 Å². The zero-order valence-electron chi connectivity index (χ0n) is 18.5. The van der Waals surface area contributed by atoms with E-state index >= 15 is 0 Å². The number of unbranched alkanes of at least 4 members (excludes halogenated alkanes) is 1. The van der Waals surface area contributed by atoms with Gasteiger partial charge in [0, 0.05) is 31.9 Å². The summed E-state index contributed by atoms with van der Waals surface area (Å²) in [6.45, 7) is -1.09. The molecule has 1 heterocycles. The molecule has 1 saturated heterocycles. The van der Waals surface area contributed by atoms with Crippen LogP contribution in [0.25, 0.3) is 0 Å². The number of halogens is 7. The third kappa shape index (κ3) is 5.58. The molecule has 19 heteroatoms. The first-order valence-electron chi connectivity index (χ1n) is 10.1. The fourth-order valence-corrected chi connectivity index (χ4v) is 7.81. The molecule has 0 aromatic heterocycles. The predicted octanol–water partition coefficient (Wildman–Crippen LogP) is 2.15. The zero-order valence-corrected chi connectivity index (χ0v) is 20.9. The number of anilines is 1. The number of hydrogen-bond acceptors (Lipinski definition) is 7. The summed E-state index contributed by atoms with van der Waals surface area (Å²) in [7, 11) is -18.8. The molecule has 9 nitrogen and oxygen atoms in total. The van der Waals surface area contributed by atoms with Crippen LogP contribution in [0.5, 0.6) is 0 Å². The second-order valence-corrected chi connectivity index (χ2v) is 13.5. The molecule has 0 spiro atoms. The van der Waals surface area contributed by atoms with Gasteiger partial charge in [0.15, 0.2) is 0 Å². The topological polar surface area (TPSA) is 121 Å². The van der Waals surface area contributed by atoms with Crippen LogP contribution in [0.2, 0.25) is 0 Å². The first-order chi connectivity index (χ1) is 16.2. The fraction of sp³-hybridized carbons (Fsp3) is 0.647. The second-order valence-electron chi connectivity index (χ2n) is 7.73. The van der Waals surface area contributed by atoms with E-state index in [9.17, 15) is 56.0 Å². The Bertz CT molecular complexity index is 1250. The van der Waals surface area contributed by atoms with Crippen LogP contribution < -0.4 is 9.03 Å². The lowest BCUT2D eigenvalue weighted by atomic mass is 10.2. The third-order valence-electron chi connectivity index (χ3n) is 5.17. The summed E-state index contributed by atoms with van der Waals surface area (Å²) in [5.74, 6) is -8.79. The van der Waals surface area contributed by atoms with Crippen LogP contribution in [-0.2, 0) is 30.1 Å². The van der Waals surface area contributed by atoms with E-state index < -0.39 is 71.2 Å². The van der Waals surface area contributed by atoms with Crippen molar-refractivity contribution in [1.29, 1.82) is 0 Å². The summed E-state index contributed by atoms with van der Waals surface area (Å²) in [5, 5.41) is -13.5. The molecule has 0 aliphatic carbocycles. The Morgan fingerprint density at radius 1 is 0.833 bits per heavy atom. The van der Waals surface area contributed by atoms with E-state index in [4.69, 9.17) is 0 Å². The van der Waals surface area contributed by atoms with Gasteiger partial charge in [-0.3, -0.25) is 0 Å². The van der Waals surface area contributed by atoms with Gasteiger partial charge in [-0.1, -0.05) is 13.3 Å². The van der Waals surface area contributed by atoms with E-state index in [1.807, 2.05) is 0 Å². The Labute approximate surface area is 203 Å². The van der Waals surface area contributed by atoms with Crippen molar-refractivity contribution in [2.45, 2.75) is 36.2 Å². The van der Waals surface area contributed by atoms with E-state index in [1.54, 1.807) is 0 Å². The zero-order chi connectivity index (χ0) is 27.8. The number of sulfonamides is 3. The van der Waals surface area contributed by atoms with Gasteiger partial charge in [0.1, 0.15) is 5.82 Å². The smallest absolute Gasteiger partial charge is 0.369 e. The molecule has 2 rings (SSSR count). The molecular formula is C17H22F7N3O6S3. The number of nitrogens with one attached hydrogen (secondary N) is 1. The molecule has 0 atom stereocenters. The Hall–Kier alpha value is -1.70. The minimum atomic E-state index is -7.08. The van der Waals surface area contributed by atoms with Crippen molar-refractivity contribution >= 4 is 35.8 Å².